The van der Waals surface area contributed by atoms with Crippen molar-refractivity contribution in [3.05, 3.63) is 70.5 Å². The molecule has 0 aliphatic heterocycles. The number of benzene rings is 2. The zero-order valence-electron chi connectivity index (χ0n) is 15.3. The van der Waals surface area contributed by atoms with Gasteiger partial charge in [-0.2, -0.15) is 0 Å². The molecular weight excluding hydrogens is 315 g/mol. The van der Waals surface area contributed by atoms with E-state index in [2.05, 4.69) is 19.1 Å². The Bertz CT molecular complexity index is 692. The number of hydrogen-bond acceptors (Lipinski definition) is 2. The molecule has 0 radical (unpaired) electrons. The lowest BCUT2D eigenvalue weighted by Crippen LogP contribution is -2.13. The molecule has 0 spiro atoms. The molecule has 2 aromatic carbocycles. The van der Waals surface area contributed by atoms with Gasteiger partial charge in [-0.05, 0) is 55.0 Å². The summed E-state index contributed by atoms with van der Waals surface area (Å²) in [5, 5.41) is 0. The number of hydrogen-bond donors (Lipinski definition) is 0. The number of esters is 1. The Hall–Kier alpha value is -2.16. The van der Waals surface area contributed by atoms with Gasteiger partial charge in [0.1, 0.15) is 11.9 Å². The van der Waals surface area contributed by atoms with Crippen LogP contribution in [-0.4, -0.2) is 5.97 Å². The van der Waals surface area contributed by atoms with E-state index in [0.717, 1.165) is 17.5 Å². The van der Waals surface area contributed by atoms with Crippen LogP contribution in [0.3, 0.4) is 0 Å². The third kappa shape index (κ3) is 5.42. The van der Waals surface area contributed by atoms with Gasteiger partial charge in [-0.25, -0.2) is 9.18 Å². The lowest BCUT2D eigenvalue weighted by molar-refractivity contribution is 0.0282. The molecule has 134 valence electrons. The van der Waals surface area contributed by atoms with Gasteiger partial charge in [0.15, 0.2) is 0 Å². The Morgan fingerprint density at radius 1 is 1.08 bits per heavy atom. The molecule has 0 saturated heterocycles. The molecule has 0 heterocycles. The average molecular weight is 342 g/mol. The fourth-order valence-corrected chi connectivity index (χ4v) is 2.84. The van der Waals surface area contributed by atoms with Gasteiger partial charge < -0.3 is 4.74 Å². The van der Waals surface area contributed by atoms with E-state index in [-0.39, 0.29) is 11.7 Å². The second kappa shape index (κ2) is 9.36. The van der Waals surface area contributed by atoms with Crippen LogP contribution < -0.4 is 0 Å². The summed E-state index contributed by atoms with van der Waals surface area (Å²) in [4.78, 5) is 12.3. The zero-order chi connectivity index (χ0) is 18.2. The molecule has 2 aromatic rings. The Balaban J connectivity index is 2.05. The highest BCUT2D eigenvalue weighted by Gasteiger charge is 2.19. The van der Waals surface area contributed by atoms with Crippen LogP contribution in [0.5, 0.6) is 0 Å². The Morgan fingerprint density at radius 3 is 2.40 bits per heavy atom. The van der Waals surface area contributed by atoms with E-state index < -0.39 is 11.8 Å². The molecule has 1 atom stereocenters. The van der Waals surface area contributed by atoms with Crippen LogP contribution in [0, 0.1) is 12.7 Å². The molecule has 2 rings (SSSR count). The van der Waals surface area contributed by atoms with Gasteiger partial charge in [-0.15, -0.1) is 0 Å². The minimum absolute atomic E-state index is 0.0137. The van der Waals surface area contributed by atoms with E-state index in [1.54, 1.807) is 13.0 Å². The second-order valence-corrected chi connectivity index (χ2v) is 6.48. The predicted octanol–water partition coefficient (Wildman–Crippen LogP) is 6.17. The van der Waals surface area contributed by atoms with E-state index in [0.29, 0.717) is 6.42 Å². The highest BCUT2D eigenvalue weighted by atomic mass is 19.1. The molecule has 0 amide bonds. The van der Waals surface area contributed by atoms with Crippen molar-refractivity contribution in [2.75, 3.05) is 0 Å². The van der Waals surface area contributed by atoms with E-state index in [1.807, 2.05) is 19.1 Å². The van der Waals surface area contributed by atoms with Crippen LogP contribution in [-0.2, 0) is 11.2 Å². The third-order valence-corrected chi connectivity index (χ3v) is 4.39. The molecule has 0 N–H and O–H groups in total. The number of ether oxygens (including phenoxy) is 1. The molecule has 1 unspecified atom stereocenters. The van der Waals surface area contributed by atoms with Crippen molar-refractivity contribution in [2.24, 2.45) is 0 Å². The first kappa shape index (κ1) is 19.2. The number of carbonyl (C=O) groups is 1. The molecule has 25 heavy (non-hydrogen) atoms. The number of unbranched alkanes of at least 4 members (excludes halogenated alkanes) is 2. The van der Waals surface area contributed by atoms with Gasteiger partial charge in [0, 0.05) is 0 Å². The summed E-state index contributed by atoms with van der Waals surface area (Å²) >= 11 is 0. The van der Waals surface area contributed by atoms with Crippen LogP contribution in [0.1, 0.15) is 72.7 Å². The van der Waals surface area contributed by atoms with Crippen LogP contribution in [0.4, 0.5) is 4.39 Å². The molecule has 0 aromatic heterocycles. The summed E-state index contributed by atoms with van der Waals surface area (Å²) < 4.78 is 19.5. The van der Waals surface area contributed by atoms with Gasteiger partial charge in [0.2, 0.25) is 0 Å². The molecule has 2 nitrogen and oxygen atoms in total. The fourth-order valence-electron chi connectivity index (χ4n) is 2.84. The molecule has 0 bridgehead atoms. The van der Waals surface area contributed by atoms with Crippen molar-refractivity contribution in [3.8, 4) is 0 Å². The van der Waals surface area contributed by atoms with E-state index in [1.165, 1.54) is 37.0 Å². The zero-order valence-corrected chi connectivity index (χ0v) is 15.3. The van der Waals surface area contributed by atoms with Crippen LogP contribution in [0.2, 0.25) is 0 Å². The third-order valence-electron chi connectivity index (χ3n) is 4.39. The first-order valence-electron chi connectivity index (χ1n) is 9.11. The Kier molecular flexibility index (Phi) is 7.17. The van der Waals surface area contributed by atoms with Crippen LogP contribution >= 0.6 is 0 Å². The minimum Gasteiger partial charge on any atom is -0.454 e. The van der Waals surface area contributed by atoms with Gasteiger partial charge in [0.25, 0.3) is 0 Å². The molecule has 0 saturated carbocycles. The fraction of sp³-hybridized carbons (Fsp3) is 0.409. The maximum absolute atomic E-state index is 14.0. The maximum atomic E-state index is 14.0. The SMILES string of the molecule is CCCCCc1ccc(C(CC)OC(=O)c2ccc(C)cc2F)cc1. The molecule has 0 aliphatic carbocycles. The van der Waals surface area contributed by atoms with Crippen molar-refractivity contribution in [2.45, 2.75) is 59.0 Å². The lowest BCUT2D eigenvalue weighted by Gasteiger charge is -2.17. The van der Waals surface area contributed by atoms with Gasteiger partial charge in [0.05, 0.1) is 5.56 Å². The van der Waals surface area contributed by atoms with Crippen molar-refractivity contribution in [1.82, 2.24) is 0 Å². The van der Waals surface area contributed by atoms with E-state index in [9.17, 15) is 9.18 Å². The summed E-state index contributed by atoms with van der Waals surface area (Å²) in [5.74, 6) is -1.15. The number of rotatable bonds is 8. The van der Waals surface area contributed by atoms with Gasteiger partial charge in [-0.1, -0.05) is 57.0 Å². The van der Waals surface area contributed by atoms with Crippen molar-refractivity contribution in [1.29, 1.82) is 0 Å². The first-order valence-corrected chi connectivity index (χ1v) is 9.11. The normalized spacial score (nSPS) is 12.0. The van der Waals surface area contributed by atoms with E-state index in [4.69, 9.17) is 4.74 Å². The summed E-state index contributed by atoms with van der Waals surface area (Å²) in [6, 6.07) is 12.7. The number of halogens is 1. The summed E-state index contributed by atoms with van der Waals surface area (Å²) in [6.07, 6.45) is 4.99. The summed E-state index contributed by atoms with van der Waals surface area (Å²) in [6.45, 7) is 5.94. The Labute approximate surface area is 150 Å². The van der Waals surface area contributed by atoms with Crippen LogP contribution in [0.25, 0.3) is 0 Å². The van der Waals surface area contributed by atoms with Crippen molar-refractivity contribution < 1.29 is 13.9 Å². The van der Waals surface area contributed by atoms with Crippen molar-refractivity contribution in [3.63, 3.8) is 0 Å². The van der Waals surface area contributed by atoms with Gasteiger partial charge in [-0.3, -0.25) is 0 Å². The van der Waals surface area contributed by atoms with Gasteiger partial charge >= 0.3 is 5.97 Å². The molecule has 3 heteroatoms. The predicted molar refractivity (Wildman–Crippen MR) is 99.3 cm³/mol. The molecule has 0 fully saturated rings. The van der Waals surface area contributed by atoms with Crippen LogP contribution in [0.15, 0.2) is 42.5 Å². The Morgan fingerprint density at radius 2 is 1.80 bits per heavy atom. The smallest absolute Gasteiger partial charge is 0.341 e. The summed E-state index contributed by atoms with van der Waals surface area (Å²) in [5.41, 5.74) is 3.01. The number of aryl methyl sites for hydroxylation is 2. The standard InChI is InChI=1S/C22H27FO2/c1-4-6-7-8-17-10-12-18(13-11-17)21(5-2)25-22(24)19-14-9-16(3)15-20(19)23/h9-15,21H,4-8H2,1-3H3. The number of carbonyl (C=O) groups excluding carboxylic acids is 1. The minimum atomic E-state index is -0.614. The molecular formula is C22H27FO2. The highest BCUT2D eigenvalue weighted by Crippen LogP contribution is 2.24. The quantitative estimate of drug-likeness (QED) is 0.423. The summed E-state index contributed by atoms with van der Waals surface area (Å²) in [7, 11) is 0. The topological polar surface area (TPSA) is 26.3 Å². The average Bonchev–Trinajstić information content (AvgIpc) is 2.60. The van der Waals surface area contributed by atoms with Crippen molar-refractivity contribution >= 4 is 5.97 Å². The first-order chi connectivity index (χ1) is 12.0. The highest BCUT2D eigenvalue weighted by molar-refractivity contribution is 5.89. The largest absolute Gasteiger partial charge is 0.454 e. The maximum Gasteiger partial charge on any atom is 0.341 e. The van der Waals surface area contributed by atoms with E-state index >= 15 is 0 Å². The lowest BCUT2D eigenvalue weighted by atomic mass is 10.0. The monoisotopic (exact) mass is 342 g/mol. The molecule has 0 aliphatic rings. The second-order valence-electron chi connectivity index (χ2n) is 6.48.